The summed E-state index contributed by atoms with van der Waals surface area (Å²) in [6.45, 7) is 1.42. The van der Waals surface area contributed by atoms with Gasteiger partial charge in [-0.25, -0.2) is 0 Å². The molecule has 1 aliphatic heterocycles. The molecule has 0 bridgehead atoms. The third-order valence-corrected chi connectivity index (χ3v) is 4.09. The van der Waals surface area contributed by atoms with Gasteiger partial charge in [-0.15, -0.1) is 0 Å². The number of hydrogen-bond acceptors (Lipinski definition) is 3. The van der Waals surface area contributed by atoms with Crippen LogP contribution in [-0.2, 0) is 11.3 Å². The van der Waals surface area contributed by atoms with Crippen LogP contribution in [0.2, 0.25) is 0 Å². The van der Waals surface area contributed by atoms with Crippen LogP contribution in [0.5, 0.6) is 5.75 Å². The first-order valence-corrected chi connectivity index (χ1v) is 7.98. The highest BCUT2D eigenvalue weighted by atomic mass is 16.5. The first kappa shape index (κ1) is 16.1. The maximum atomic E-state index is 12.3. The highest BCUT2D eigenvalue weighted by molar-refractivity contribution is 6.04. The number of carbonyl (C=O) groups is 2. The molecule has 0 saturated carbocycles. The Morgan fingerprint density at radius 2 is 2.00 bits per heavy atom. The van der Waals surface area contributed by atoms with Crippen molar-refractivity contribution in [2.75, 3.05) is 19.0 Å². The third kappa shape index (κ3) is 3.74. The highest BCUT2D eigenvalue weighted by Crippen LogP contribution is 2.18. The van der Waals surface area contributed by atoms with E-state index in [1.54, 1.807) is 25.3 Å². The summed E-state index contributed by atoms with van der Waals surface area (Å²) in [4.78, 5) is 25.8. The zero-order valence-electron chi connectivity index (χ0n) is 13.6. The van der Waals surface area contributed by atoms with Crippen molar-refractivity contribution in [2.24, 2.45) is 0 Å². The van der Waals surface area contributed by atoms with Crippen LogP contribution >= 0.6 is 0 Å². The molecule has 1 saturated heterocycles. The summed E-state index contributed by atoms with van der Waals surface area (Å²) in [5.41, 5.74) is 2.29. The Morgan fingerprint density at radius 1 is 1.21 bits per heavy atom. The Hall–Kier alpha value is -2.82. The van der Waals surface area contributed by atoms with Gasteiger partial charge in [0.15, 0.2) is 0 Å². The van der Waals surface area contributed by atoms with Crippen LogP contribution in [-0.4, -0.2) is 30.4 Å². The highest BCUT2D eigenvalue weighted by Gasteiger charge is 2.20. The van der Waals surface area contributed by atoms with Crippen LogP contribution in [0.15, 0.2) is 48.5 Å². The molecule has 124 valence electrons. The summed E-state index contributed by atoms with van der Waals surface area (Å²) in [7, 11) is 1.59. The molecule has 2 amide bonds. The number of hydrogen-bond donors (Lipinski definition) is 1. The van der Waals surface area contributed by atoms with Crippen LogP contribution in [0, 0.1) is 0 Å². The van der Waals surface area contributed by atoms with E-state index in [0.29, 0.717) is 30.0 Å². The van der Waals surface area contributed by atoms with E-state index in [1.165, 1.54) is 0 Å². The smallest absolute Gasteiger partial charge is 0.255 e. The molecule has 0 aromatic heterocycles. The summed E-state index contributed by atoms with van der Waals surface area (Å²) in [5.74, 6) is 0.723. The van der Waals surface area contributed by atoms with E-state index in [-0.39, 0.29) is 11.8 Å². The first-order chi connectivity index (χ1) is 11.7. The van der Waals surface area contributed by atoms with Crippen LogP contribution in [0.3, 0.4) is 0 Å². The predicted molar refractivity (Wildman–Crippen MR) is 92.0 cm³/mol. The summed E-state index contributed by atoms with van der Waals surface area (Å²) in [5, 5.41) is 2.85. The van der Waals surface area contributed by atoms with E-state index in [4.69, 9.17) is 4.74 Å². The molecule has 0 spiro atoms. The zero-order chi connectivity index (χ0) is 16.9. The second-order valence-corrected chi connectivity index (χ2v) is 5.80. The van der Waals surface area contributed by atoms with Crippen LogP contribution in [0.1, 0.15) is 28.8 Å². The van der Waals surface area contributed by atoms with Gasteiger partial charge in [-0.2, -0.15) is 0 Å². The molecule has 1 fully saturated rings. The molecule has 3 rings (SSSR count). The quantitative estimate of drug-likeness (QED) is 0.919. The van der Waals surface area contributed by atoms with Crippen molar-refractivity contribution >= 4 is 17.5 Å². The summed E-state index contributed by atoms with van der Waals surface area (Å²) < 4.78 is 5.15. The molecular formula is C19H20N2O3. The number of ether oxygens (including phenoxy) is 1. The lowest BCUT2D eigenvalue weighted by atomic mass is 10.1. The standard InChI is InChI=1S/C19H20N2O3/c1-24-17-5-2-4-16(12-17)20-19(23)15-9-7-14(8-10-15)13-21-11-3-6-18(21)22/h2,4-5,7-10,12H,3,6,11,13H2,1H3,(H,20,23). The number of carbonyl (C=O) groups excluding carboxylic acids is 2. The molecule has 2 aromatic rings. The maximum Gasteiger partial charge on any atom is 0.255 e. The van der Waals surface area contributed by atoms with Gasteiger partial charge < -0.3 is 15.0 Å². The second kappa shape index (κ2) is 7.17. The average molecular weight is 324 g/mol. The van der Waals surface area contributed by atoms with E-state index < -0.39 is 0 Å². The molecule has 1 N–H and O–H groups in total. The van der Waals surface area contributed by atoms with Crippen LogP contribution in [0.25, 0.3) is 0 Å². The minimum absolute atomic E-state index is 0.174. The van der Waals surface area contributed by atoms with Crippen molar-refractivity contribution in [3.63, 3.8) is 0 Å². The SMILES string of the molecule is COc1cccc(NC(=O)c2ccc(CN3CCCC3=O)cc2)c1. The Balaban J connectivity index is 1.64. The van der Waals surface area contributed by atoms with Crippen LogP contribution < -0.4 is 10.1 Å². The number of methoxy groups -OCH3 is 1. The fraction of sp³-hybridized carbons (Fsp3) is 0.263. The zero-order valence-corrected chi connectivity index (χ0v) is 13.6. The van der Waals surface area contributed by atoms with Gasteiger partial charge >= 0.3 is 0 Å². The number of benzene rings is 2. The summed E-state index contributed by atoms with van der Waals surface area (Å²) in [6, 6.07) is 14.6. The maximum absolute atomic E-state index is 12.3. The molecule has 2 aromatic carbocycles. The van der Waals surface area contributed by atoms with E-state index in [0.717, 1.165) is 18.5 Å². The number of nitrogens with one attached hydrogen (secondary N) is 1. The molecule has 5 heteroatoms. The van der Waals surface area contributed by atoms with Crippen molar-refractivity contribution in [2.45, 2.75) is 19.4 Å². The molecular weight excluding hydrogens is 304 g/mol. The summed E-state index contributed by atoms with van der Waals surface area (Å²) in [6.07, 6.45) is 1.57. The fourth-order valence-electron chi connectivity index (χ4n) is 2.76. The molecule has 0 unspecified atom stereocenters. The lowest BCUT2D eigenvalue weighted by Crippen LogP contribution is -2.23. The Morgan fingerprint density at radius 3 is 2.67 bits per heavy atom. The van der Waals surface area contributed by atoms with Gasteiger partial charge in [0.1, 0.15) is 5.75 Å². The summed E-state index contributed by atoms with van der Waals surface area (Å²) >= 11 is 0. The topological polar surface area (TPSA) is 58.6 Å². The van der Waals surface area contributed by atoms with Gasteiger partial charge in [0.2, 0.25) is 5.91 Å². The molecule has 0 radical (unpaired) electrons. The molecule has 24 heavy (non-hydrogen) atoms. The Labute approximate surface area is 141 Å². The molecule has 1 heterocycles. The van der Waals surface area contributed by atoms with E-state index in [9.17, 15) is 9.59 Å². The molecule has 0 aliphatic carbocycles. The number of nitrogens with zero attached hydrogens (tertiary/aromatic N) is 1. The van der Waals surface area contributed by atoms with Gasteiger partial charge in [-0.1, -0.05) is 18.2 Å². The first-order valence-electron chi connectivity index (χ1n) is 7.98. The number of anilines is 1. The van der Waals surface area contributed by atoms with Crippen molar-refractivity contribution in [1.82, 2.24) is 4.90 Å². The number of rotatable bonds is 5. The average Bonchev–Trinajstić information content (AvgIpc) is 3.00. The van der Waals surface area contributed by atoms with Gasteiger partial charge in [0.05, 0.1) is 7.11 Å². The minimum atomic E-state index is -0.174. The largest absolute Gasteiger partial charge is 0.497 e. The molecule has 5 nitrogen and oxygen atoms in total. The Kier molecular flexibility index (Phi) is 4.79. The Bertz CT molecular complexity index is 741. The molecule has 0 atom stereocenters. The van der Waals surface area contributed by atoms with Crippen molar-refractivity contribution in [3.05, 3.63) is 59.7 Å². The number of amides is 2. The number of likely N-dealkylation sites (tertiary alicyclic amines) is 1. The van der Waals surface area contributed by atoms with Crippen molar-refractivity contribution < 1.29 is 14.3 Å². The van der Waals surface area contributed by atoms with E-state index >= 15 is 0 Å². The predicted octanol–water partition coefficient (Wildman–Crippen LogP) is 3.07. The van der Waals surface area contributed by atoms with E-state index in [2.05, 4.69) is 5.32 Å². The normalized spacial score (nSPS) is 13.9. The van der Waals surface area contributed by atoms with Crippen LogP contribution in [0.4, 0.5) is 5.69 Å². The van der Waals surface area contributed by atoms with Gasteiger partial charge in [0.25, 0.3) is 5.91 Å². The minimum Gasteiger partial charge on any atom is -0.497 e. The molecule has 1 aliphatic rings. The monoisotopic (exact) mass is 324 g/mol. The van der Waals surface area contributed by atoms with Crippen molar-refractivity contribution in [3.8, 4) is 5.75 Å². The lowest BCUT2D eigenvalue weighted by Gasteiger charge is -2.15. The second-order valence-electron chi connectivity index (χ2n) is 5.80. The van der Waals surface area contributed by atoms with Gasteiger partial charge in [-0.05, 0) is 36.2 Å². The lowest BCUT2D eigenvalue weighted by molar-refractivity contribution is -0.128. The van der Waals surface area contributed by atoms with Gasteiger partial charge in [-0.3, -0.25) is 9.59 Å². The fourth-order valence-corrected chi connectivity index (χ4v) is 2.76. The van der Waals surface area contributed by atoms with Gasteiger partial charge in [0, 0.05) is 36.8 Å². The third-order valence-electron chi connectivity index (χ3n) is 4.09. The van der Waals surface area contributed by atoms with E-state index in [1.807, 2.05) is 35.2 Å². The van der Waals surface area contributed by atoms with Crippen molar-refractivity contribution in [1.29, 1.82) is 0 Å².